The molecule has 0 amide bonds. The van der Waals surface area contributed by atoms with E-state index in [1.54, 1.807) is 0 Å². The van der Waals surface area contributed by atoms with Gasteiger partial charge in [0.25, 0.3) is 0 Å². The predicted octanol–water partition coefficient (Wildman–Crippen LogP) is 1.49. The minimum atomic E-state index is -0.515. The molecule has 0 unspecified atom stereocenters. The van der Waals surface area contributed by atoms with Crippen molar-refractivity contribution < 1.29 is 9.47 Å². The second-order valence-corrected chi connectivity index (χ2v) is 4.90. The van der Waals surface area contributed by atoms with Crippen molar-refractivity contribution in [1.82, 2.24) is 0 Å². The van der Waals surface area contributed by atoms with Crippen LogP contribution in [-0.4, -0.2) is 13.6 Å². The van der Waals surface area contributed by atoms with Gasteiger partial charge in [-0.05, 0) is 0 Å². The molecule has 2 nitrogen and oxygen atoms in total. The Bertz CT molecular complexity index is 373. The van der Waals surface area contributed by atoms with Crippen molar-refractivity contribution in [3.63, 3.8) is 0 Å². The highest BCUT2D eigenvalue weighted by molar-refractivity contribution is 9.08. The topological polar surface area (TPSA) is 18.5 Å². The summed E-state index contributed by atoms with van der Waals surface area (Å²) in [5.41, 5.74) is 3.58. The second kappa shape index (κ2) is 3.83. The average molecular weight is 269 g/mol. The van der Waals surface area contributed by atoms with Gasteiger partial charge in [0.15, 0.2) is 0 Å². The zero-order valence-electron chi connectivity index (χ0n) is 9.26. The van der Waals surface area contributed by atoms with Gasteiger partial charge in [0, 0.05) is 30.3 Å². The third-order valence-electron chi connectivity index (χ3n) is 2.45. The van der Waals surface area contributed by atoms with Gasteiger partial charge in [0.05, 0.1) is 6.61 Å². The molecule has 0 fully saturated rings. The Morgan fingerprint density at radius 3 is 2.87 bits per heavy atom. The van der Waals surface area contributed by atoms with Gasteiger partial charge < -0.3 is 9.47 Å². The number of halogens is 1. The fourth-order valence-electron chi connectivity index (χ4n) is 1.79. The van der Waals surface area contributed by atoms with E-state index in [0.29, 0.717) is 6.61 Å². The van der Waals surface area contributed by atoms with E-state index in [0.717, 1.165) is 16.6 Å². The van der Waals surface area contributed by atoms with Crippen molar-refractivity contribution in [3.05, 3.63) is 23.3 Å². The normalized spacial score (nSPS) is 18.1. The number of hydrogen-bond donors (Lipinski definition) is 0. The molecule has 4 heteroatoms. The van der Waals surface area contributed by atoms with E-state index in [-0.39, 0.29) is 0 Å². The molecule has 1 aromatic carbocycles. The minimum absolute atomic E-state index is 0.515. The van der Waals surface area contributed by atoms with Gasteiger partial charge in [0.2, 0.25) is 5.79 Å². The highest BCUT2D eigenvalue weighted by Gasteiger charge is 2.28. The van der Waals surface area contributed by atoms with Crippen LogP contribution in [0.15, 0.2) is 12.1 Å². The number of alkyl halides is 1. The Morgan fingerprint density at radius 1 is 1.47 bits per heavy atom. The maximum atomic E-state index is 5.84. The molecule has 0 aromatic heterocycles. The molecule has 0 spiro atoms. The summed E-state index contributed by atoms with van der Waals surface area (Å²) in [5, 5.41) is 0.813. The van der Waals surface area contributed by atoms with Crippen LogP contribution in [0.4, 0.5) is 0 Å². The molecule has 0 bridgehead atoms. The summed E-state index contributed by atoms with van der Waals surface area (Å²) in [5.74, 6) is 0.466. The minimum Gasteiger partial charge on any atom is -0.462 e. The summed E-state index contributed by atoms with van der Waals surface area (Å²) in [7, 11) is 2.09. The van der Waals surface area contributed by atoms with Crippen molar-refractivity contribution in [2.45, 2.75) is 31.6 Å². The third-order valence-corrected chi connectivity index (χ3v) is 3.06. The van der Waals surface area contributed by atoms with Crippen molar-refractivity contribution in [1.29, 1.82) is 0 Å². The SMILES string of the molecule is Bc1cc(CBr)c2c(c1)COC(C)(C)O2. The molecule has 1 aliphatic rings. The first-order valence-electron chi connectivity index (χ1n) is 5.03. The maximum absolute atomic E-state index is 5.84. The smallest absolute Gasteiger partial charge is 0.205 e. The molecule has 0 aliphatic carbocycles. The number of fused-ring (bicyclic) bond motifs is 1. The standard InChI is InChI=1S/C11H14BBrO2/c1-11(2)14-6-8-4-9(12)3-7(5-13)10(8)15-11/h3-4H,5-6,12H2,1-2H3. The van der Waals surface area contributed by atoms with Gasteiger partial charge in [-0.25, -0.2) is 0 Å². The largest absolute Gasteiger partial charge is 0.462 e. The molecule has 15 heavy (non-hydrogen) atoms. The lowest BCUT2D eigenvalue weighted by Gasteiger charge is -2.34. The zero-order chi connectivity index (χ0) is 11.1. The number of rotatable bonds is 1. The van der Waals surface area contributed by atoms with Crippen LogP contribution in [0.3, 0.4) is 0 Å². The third kappa shape index (κ3) is 2.21. The first-order chi connectivity index (χ1) is 7.02. The lowest BCUT2D eigenvalue weighted by atomic mass is 9.91. The summed E-state index contributed by atoms with van der Waals surface area (Å²) in [6.45, 7) is 4.51. The van der Waals surface area contributed by atoms with Crippen LogP contribution in [0, 0.1) is 0 Å². The summed E-state index contributed by atoms with van der Waals surface area (Å²) < 4.78 is 11.5. The van der Waals surface area contributed by atoms with Crippen LogP contribution < -0.4 is 10.2 Å². The Morgan fingerprint density at radius 2 is 2.20 bits per heavy atom. The molecule has 1 heterocycles. The fraction of sp³-hybridized carbons (Fsp3) is 0.455. The van der Waals surface area contributed by atoms with Gasteiger partial charge in [0.1, 0.15) is 13.6 Å². The highest BCUT2D eigenvalue weighted by atomic mass is 79.9. The summed E-state index contributed by atoms with van der Waals surface area (Å²) in [4.78, 5) is 0. The Kier molecular flexibility index (Phi) is 2.82. The van der Waals surface area contributed by atoms with Crippen LogP contribution in [0.2, 0.25) is 0 Å². The van der Waals surface area contributed by atoms with Crippen LogP contribution in [0.5, 0.6) is 5.75 Å². The van der Waals surface area contributed by atoms with E-state index in [2.05, 4.69) is 35.9 Å². The van der Waals surface area contributed by atoms with Gasteiger partial charge in [-0.1, -0.05) is 33.5 Å². The quantitative estimate of drug-likeness (QED) is 0.568. The summed E-state index contributed by atoms with van der Waals surface area (Å²) >= 11 is 3.49. The Labute approximate surface area is 99.5 Å². The van der Waals surface area contributed by atoms with E-state index >= 15 is 0 Å². The number of ether oxygens (including phenoxy) is 2. The number of hydrogen-bond acceptors (Lipinski definition) is 2. The van der Waals surface area contributed by atoms with E-state index in [1.807, 2.05) is 13.8 Å². The predicted molar refractivity (Wildman–Crippen MR) is 66.7 cm³/mol. The van der Waals surface area contributed by atoms with Crippen LogP contribution >= 0.6 is 15.9 Å². The van der Waals surface area contributed by atoms with Gasteiger partial charge >= 0.3 is 0 Å². The maximum Gasteiger partial charge on any atom is 0.205 e. The van der Waals surface area contributed by atoms with Gasteiger partial charge in [-0.15, -0.1) is 0 Å². The molecule has 0 saturated carbocycles. The monoisotopic (exact) mass is 268 g/mol. The van der Waals surface area contributed by atoms with Crippen molar-refractivity contribution in [3.8, 4) is 5.75 Å². The molecular formula is C11H14BBrO2. The fourth-order valence-corrected chi connectivity index (χ4v) is 2.21. The van der Waals surface area contributed by atoms with E-state index in [1.165, 1.54) is 11.0 Å². The van der Waals surface area contributed by atoms with Gasteiger partial charge in [-0.3, -0.25) is 0 Å². The molecule has 0 N–H and O–H groups in total. The Balaban J connectivity index is 2.48. The van der Waals surface area contributed by atoms with Crippen LogP contribution in [0.25, 0.3) is 0 Å². The molecule has 0 radical (unpaired) electrons. The van der Waals surface area contributed by atoms with E-state index in [9.17, 15) is 0 Å². The highest BCUT2D eigenvalue weighted by Crippen LogP contribution is 2.34. The summed E-state index contributed by atoms with van der Waals surface area (Å²) in [6.07, 6.45) is 0. The molecule has 1 aliphatic heterocycles. The van der Waals surface area contributed by atoms with Crippen molar-refractivity contribution in [2.75, 3.05) is 0 Å². The van der Waals surface area contributed by atoms with Crippen molar-refractivity contribution >= 4 is 29.2 Å². The lowest BCUT2D eigenvalue weighted by molar-refractivity contribution is -0.180. The van der Waals surface area contributed by atoms with Crippen LogP contribution in [0.1, 0.15) is 25.0 Å². The van der Waals surface area contributed by atoms with E-state index in [4.69, 9.17) is 9.47 Å². The Hall–Kier alpha value is -0.475. The molecule has 0 saturated heterocycles. The van der Waals surface area contributed by atoms with Gasteiger partial charge in [-0.2, -0.15) is 0 Å². The second-order valence-electron chi connectivity index (χ2n) is 4.34. The zero-order valence-corrected chi connectivity index (χ0v) is 10.8. The number of benzene rings is 1. The first-order valence-corrected chi connectivity index (χ1v) is 6.15. The lowest BCUT2D eigenvalue weighted by Crippen LogP contribution is -2.36. The molecule has 80 valence electrons. The first kappa shape index (κ1) is 11.0. The molecule has 1 aromatic rings. The van der Waals surface area contributed by atoms with Crippen molar-refractivity contribution in [2.24, 2.45) is 0 Å². The van der Waals surface area contributed by atoms with Crippen LogP contribution in [-0.2, 0) is 16.7 Å². The molecular weight excluding hydrogens is 255 g/mol. The average Bonchev–Trinajstić information content (AvgIpc) is 2.17. The molecule has 0 atom stereocenters. The summed E-state index contributed by atoms with van der Waals surface area (Å²) in [6, 6.07) is 4.27. The molecule has 2 rings (SSSR count). The van der Waals surface area contributed by atoms with E-state index < -0.39 is 5.79 Å².